The normalized spacial score (nSPS) is 11.9. The fourth-order valence-electron chi connectivity index (χ4n) is 2.58. The second kappa shape index (κ2) is 10.1. The molecule has 8 nitrogen and oxygen atoms in total. The molecule has 0 aliphatic rings. The van der Waals surface area contributed by atoms with Crippen molar-refractivity contribution in [2.75, 3.05) is 10.6 Å². The van der Waals surface area contributed by atoms with Crippen molar-refractivity contribution >= 4 is 57.3 Å². The highest BCUT2D eigenvalue weighted by Crippen LogP contribution is 2.24. The highest BCUT2D eigenvalue weighted by atomic mass is 35.5. The zero-order chi connectivity index (χ0) is 21.7. The second-order valence-corrected chi connectivity index (χ2v) is 9.03. The van der Waals surface area contributed by atoms with Gasteiger partial charge >= 0.3 is 0 Å². The van der Waals surface area contributed by atoms with Crippen LogP contribution in [0.15, 0.2) is 34.9 Å². The zero-order valence-corrected chi connectivity index (χ0v) is 19.1. The lowest BCUT2D eigenvalue weighted by Crippen LogP contribution is -2.23. The number of benzene rings is 1. The number of aryl methyl sites for hydroxylation is 1. The van der Waals surface area contributed by atoms with E-state index in [1.165, 1.54) is 23.1 Å². The molecule has 0 bridgehead atoms. The van der Waals surface area contributed by atoms with Crippen molar-refractivity contribution < 1.29 is 9.59 Å². The molecule has 2 heterocycles. The molecule has 3 rings (SSSR count). The number of anilines is 2. The van der Waals surface area contributed by atoms with Crippen LogP contribution in [0.5, 0.6) is 0 Å². The Kier molecular flexibility index (Phi) is 7.46. The van der Waals surface area contributed by atoms with Gasteiger partial charge in [0, 0.05) is 28.8 Å². The van der Waals surface area contributed by atoms with Gasteiger partial charge in [0.05, 0.1) is 11.7 Å². The summed E-state index contributed by atoms with van der Waals surface area (Å²) in [6.45, 7) is 6.20. The number of nitrogens with zero attached hydrogens (tertiary/aromatic N) is 4. The third kappa shape index (κ3) is 5.59. The highest BCUT2D eigenvalue weighted by molar-refractivity contribution is 8.00. The minimum atomic E-state index is -0.403. The topological polar surface area (TPSA) is 102 Å². The van der Waals surface area contributed by atoms with Gasteiger partial charge in [0.1, 0.15) is 5.82 Å². The Morgan fingerprint density at radius 3 is 2.77 bits per heavy atom. The molecule has 11 heteroatoms. The smallest absolute Gasteiger partial charge is 0.239 e. The average molecular weight is 465 g/mol. The molecular formula is C19H21ClN6O2S2. The predicted octanol–water partition coefficient (Wildman–Crippen LogP) is 4.02. The molecular weight excluding hydrogens is 444 g/mol. The quantitative estimate of drug-likeness (QED) is 0.488. The molecule has 0 aliphatic heterocycles. The summed E-state index contributed by atoms with van der Waals surface area (Å²) in [5.41, 5.74) is 1.57. The van der Waals surface area contributed by atoms with Crippen LogP contribution in [0, 0.1) is 6.92 Å². The van der Waals surface area contributed by atoms with Gasteiger partial charge in [-0.3, -0.25) is 9.59 Å². The van der Waals surface area contributed by atoms with Gasteiger partial charge in [-0.2, -0.15) is 0 Å². The molecule has 0 saturated carbocycles. The summed E-state index contributed by atoms with van der Waals surface area (Å²) < 4.78 is 1.83. The molecule has 158 valence electrons. The average Bonchev–Trinajstić information content (AvgIpc) is 3.34. The number of hydrogen-bond donors (Lipinski definition) is 2. The van der Waals surface area contributed by atoms with Gasteiger partial charge in [-0.1, -0.05) is 29.4 Å². The Balaban J connectivity index is 1.63. The van der Waals surface area contributed by atoms with Crippen LogP contribution in [0.4, 0.5) is 10.8 Å². The van der Waals surface area contributed by atoms with Gasteiger partial charge in [0.2, 0.25) is 11.8 Å². The van der Waals surface area contributed by atoms with Crippen molar-refractivity contribution in [2.45, 2.75) is 44.1 Å². The third-order valence-electron chi connectivity index (χ3n) is 4.20. The molecule has 30 heavy (non-hydrogen) atoms. The zero-order valence-electron chi connectivity index (χ0n) is 16.7. The molecule has 2 aromatic heterocycles. The van der Waals surface area contributed by atoms with Crippen LogP contribution in [0.1, 0.15) is 25.2 Å². The van der Waals surface area contributed by atoms with Crippen LogP contribution in [-0.2, 0) is 22.6 Å². The summed E-state index contributed by atoms with van der Waals surface area (Å²) in [5.74, 6) is 0.141. The summed E-state index contributed by atoms with van der Waals surface area (Å²) in [6.07, 6.45) is 1.69. The Morgan fingerprint density at radius 1 is 1.30 bits per heavy atom. The van der Waals surface area contributed by atoms with E-state index in [1.54, 1.807) is 30.6 Å². The van der Waals surface area contributed by atoms with Crippen LogP contribution < -0.4 is 10.6 Å². The number of rotatable bonds is 8. The minimum absolute atomic E-state index is 0.0621. The number of thioether (sulfide) groups is 1. The fourth-order valence-corrected chi connectivity index (χ4v) is 4.22. The van der Waals surface area contributed by atoms with Crippen LogP contribution in [0.25, 0.3) is 0 Å². The maximum absolute atomic E-state index is 12.5. The Labute approximate surface area is 187 Å². The van der Waals surface area contributed by atoms with Crippen LogP contribution >= 0.6 is 34.7 Å². The van der Waals surface area contributed by atoms with E-state index in [1.807, 2.05) is 24.5 Å². The molecule has 0 spiro atoms. The Bertz CT molecular complexity index is 1040. The van der Waals surface area contributed by atoms with E-state index in [2.05, 4.69) is 25.8 Å². The molecule has 1 aromatic carbocycles. The maximum Gasteiger partial charge on any atom is 0.239 e. The van der Waals surface area contributed by atoms with Crippen LogP contribution in [0.3, 0.4) is 0 Å². The minimum Gasteiger partial charge on any atom is -0.326 e. The monoisotopic (exact) mass is 464 g/mol. The molecule has 0 aliphatic carbocycles. The van der Waals surface area contributed by atoms with Crippen molar-refractivity contribution in [2.24, 2.45) is 0 Å². The van der Waals surface area contributed by atoms with E-state index in [9.17, 15) is 9.59 Å². The SMILES string of the molecule is CCn1c(CC(=O)Nc2ccc(C)c(Cl)c2)nnc1SC(C)C(=O)Nc1nccs1. The van der Waals surface area contributed by atoms with Crippen molar-refractivity contribution in [3.05, 3.63) is 46.2 Å². The number of amides is 2. The largest absolute Gasteiger partial charge is 0.326 e. The van der Waals surface area contributed by atoms with Crippen molar-refractivity contribution in [3.8, 4) is 0 Å². The number of aromatic nitrogens is 4. The summed E-state index contributed by atoms with van der Waals surface area (Å²) >= 11 is 8.75. The van der Waals surface area contributed by atoms with Gasteiger partial charge in [-0.25, -0.2) is 4.98 Å². The summed E-state index contributed by atoms with van der Waals surface area (Å²) in [5, 5.41) is 17.0. The van der Waals surface area contributed by atoms with E-state index in [0.717, 1.165) is 5.56 Å². The molecule has 0 saturated heterocycles. The molecule has 0 radical (unpaired) electrons. The van der Waals surface area contributed by atoms with Crippen molar-refractivity contribution in [1.82, 2.24) is 19.7 Å². The maximum atomic E-state index is 12.5. The van der Waals surface area contributed by atoms with Gasteiger partial charge in [-0.15, -0.1) is 21.5 Å². The Morgan fingerprint density at radius 2 is 2.10 bits per heavy atom. The second-order valence-electron chi connectivity index (χ2n) is 6.42. The number of hydrogen-bond acceptors (Lipinski definition) is 7. The summed E-state index contributed by atoms with van der Waals surface area (Å²) in [4.78, 5) is 28.9. The highest BCUT2D eigenvalue weighted by Gasteiger charge is 2.21. The Hall–Kier alpha value is -2.43. The number of carbonyl (C=O) groups is 2. The lowest BCUT2D eigenvalue weighted by atomic mass is 10.2. The first-order valence-electron chi connectivity index (χ1n) is 9.22. The number of thiazole rings is 1. The molecule has 2 N–H and O–H groups in total. The number of halogens is 1. The van der Waals surface area contributed by atoms with Crippen LogP contribution in [0.2, 0.25) is 5.02 Å². The molecule has 1 unspecified atom stereocenters. The van der Waals surface area contributed by atoms with Gasteiger partial charge < -0.3 is 15.2 Å². The van der Waals surface area contributed by atoms with Crippen molar-refractivity contribution in [1.29, 1.82) is 0 Å². The first-order valence-corrected chi connectivity index (χ1v) is 11.4. The first-order chi connectivity index (χ1) is 14.4. The third-order valence-corrected chi connectivity index (χ3v) is 6.37. The molecule has 1 atom stereocenters. The number of nitrogens with one attached hydrogen (secondary N) is 2. The molecule has 0 fully saturated rings. The van der Waals surface area contributed by atoms with Crippen molar-refractivity contribution in [3.63, 3.8) is 0 Å². The van der Waals surface area contributed by atoms with E-state index in [0.29, 0.717) is 33.4 Å². The fraction of sp³-hybridized carbons (Fsp3) is 0.316. The number of carbonyl (C=O) groups excluding carboxylic acids is 2. The van der Waals surface area contributed by atoms with E-state index < -0.39 is 5.25 Å². The van der Waals surface area contributed by atoms with E-state index in [-0.39, 0.29) is 18.2 Å². The lowest BCUT2D eigenvalue weighted by Gasteiger charge is -2.12. The summed E-state index contributed by atoms with van der Waals surface area (Å²) in [6, 6.07) is 5.36. The summed E-state index contributed by atoms with van der Waals surface area (Å²) in [7, 11) is 0. The van der Waals surface area contributed by atoms with E-state index >= 15 is 0 Å². The van der Waals surface area contributed by atoms with Gasteiger partial charge in [-0.05, 0) is 38.5 Å². The molecule has 3 aromatic rings. The van der Waals surface area contributed by atoms with Gasteiger partial charge in [0.15, 0.2) is 10.3 Å². The predicted molar refractivity (Wildman–Crippen MR) is 120 cm³/mol. The molecule has 2 amide bonds. The van der Waals surface area contributed by atoms with Crippen LogP contribution in [-0.4, -0.2) is 36.8 Å². The van der Waals surface area contributed by atoms with Gasteiger partial charge in [0.25, 0.3) is 0 Å². The van der Waals surface area contributed by atoms with E-state index in [4.69, 9.17) is 11.6 Å². The first kappa shape index (κ1) is 22.3. The lowest BCUT2D eigenvalue weighted by molar-refractivity contribution is -0.116. The standard InChI is InChI=1S/C19H21ClN6O2S2/c1-4-26-15(10-16(27)22-13-6-5-11(2)14(20)9-13)24-25-19(26)30-12(3)17(28)23-18-21-7-8-29-18/h5-9,12H,4,10H2,1-3H3,(H,22,27)(H,21,23,28).